The van der Waals surface area contributed by atoms with E-state index in [2.05, 4.69) is 0 Å². The van der Waals surface area contributed by atoms with Crippen LogP contribution in [-0.2, 0) is 16.0 Å². The van der Waals surface area contributed by atoms with Crippen LogP contribution in [0.25, 0.3) is 0 Å². The van der Waals surface area contributed by atoms with E-state index in [1.165, 1.54) is 13.0 Å². The molecule has 3 atom stereocenters. The Balaban J connectivity index is 2.21. The highest BCUT2D eigenvalue weighted by atomic mass is 16.3. The van der Waals surface area contributed by atoms with E-state index in [4.69, 9.17) is 0 Å². The lowest BCUT2D eigenvalue weighted by atomic mass is 9.73. The van der Waals surface area contributed by atoms with E-state index < -0.39 is 5.92 Å². The summed E-state index contributed by atoms with van der Waals surface area (Å²) >= 11 is 0. The van der Waals surface area contributed by atoms with E-state index in [0.29, 0.717) is 24.8 Å². The third-order valence-corrected chi connectivity index (χ3v) is 5.51. The Hall–Kier alpha value is -2.05. The van der Waals surface area contributed by atoms with Crippen molar-refractivity contribution < 1.29 is 29.7 Å². The first-order chi connectivity index (χ1) is 12.8. The maximum atomic E-state index is 12.6. The summed E-state index contributed by atoms with van der Waals surface area (Å²) in [6.45, 7) is 2.71. The standard InChI is InChI=1S/C21H28O6/c1-12-3-4-18(25)21-16(12)9-14(10-20(21)27)8-15(5-6-22)17(11-23)19(26)7-13(2)24/h3-4,14-15,17,22-23,25H,5-11H2,1-2H3. The molecule has 0 aliphatic heterocycles. The van der Waals surface area contributed by atoms with Crippen LogP contribution in [0, 0.1) is 24.7 Å². The van der Waals surface area contributed by atoms with Gasteiger partial charge < -0.3 is 15.3 Å². The van der Waals surface area contributed by atoms with Crippen LogP contribution in [0.4, 0.5) is 0 Å². The maximum Gasteiger partial charge on any atom is 0.167 e. The second-order valence-corrected chi connectivity index (χ2v) is 7.59. The summed E-state index contributed by atoms with van der Waals surface area (Å²) in [7, 11) is 0. The zero-order valence-electron chi connectivity index (χ0n) is 15.9. The highest BCUT2D eigenvalue weighted by molar-refractivity contribution is 6.01. The molecule has 0 saturated carbocycles. The summed E-state index contributed by atoms with van der Waals surface area (Å²) in [4.78, 5) is 36.2. The van der Waals surface area contributed by atoms with Gasteiger partial charge >= 0.3 is 0 Å². The van der Waals surface area contributed by atoms with Gasteiger partial charge in [0.1, 0.15) is 17.3 Å². The smallest absolute Gasteiger partial charge is 0.167 e. The minimum atomic E-state index is -0.720. The van der Waals surface area contributed by atoms with Gasteiger partial charge in [-0.2, -0.15) is 0 Å². The molecule has 0 radical (unpaired) electrons. The quantitative estimate of drug-likeness (QED) is 0.568. The predicted octanol–water partition coefficient (Wildman–Crippen LogP) is 1.99. The molecule has 1 aromatic carbocycles. The third kappa shape index (κ3) is 5.02. The predicted molar refractivity (Wildman–Crippen MR) is 99.7 cm³/mol. The van der Waals surface area contributed by atoms with E-state index in [9.17, 15) is 29.7 Å². The Labute approximate surface area is 159 Å². The van der Waals surface area contributed by atoms with Gasteiger partial charge in [0.2, 0.25) is 0 Å². The van der Waals surface area contributed by atoms with Crippen LogP contribution in [0.1, 0.15) is 54.1 Å². The average molecular weight is 376 g/mol. The molecule has 0 heterocycles. The number of aromatic hydroxyl groups is 1. The minimum absolute atomic E-state index is 0.00386. The van der Waals surface area contributed by atoms with Crippen molar-refractivity contribution in [3.05, 3.63) is 28.8 Å². The summed E-state index contributed by atoms with van der Waals surface area (Å²) in [6, 6.07) is 3.31. The van der Waals surface area contributed by atoms with Crippen molar-refractivity contribution in [3.8, 4) is 5.75 Å². The number of fused-ring (bicyclic) bond motifs is 1. The SMILES string of the molecule is CC(=O)CC(=O)C(CO)C(CCO)CC1CC(=O)c2c(O)ccc(C)c2C1. The Morgan fingerprint density at radius 1 is 1.22 bits per heavy atom. The van der Waals surface area contributed by atoms with E-state index in [0.717, 1.165) is 11.1 Å². The zero-order chi connectivity index (χ0) is 20.1. The number of hydrogen-bond donors (Lipinski definition) is 3. The number of Topliss-reactive ketones (excluding diaryl/α,β-unsaturated/α-hetero) is 3. The van der Waals surface area contributed by atoms with Crippen molar-refractivity contribution in [1.82, 2.24) is 0 Å². The molecule has 1 aromatic rings. The average Bonchev–Trinajstić information content (AvgIpc) is 2.58. The zero-order valence-corrected chi connectivity index (χ0v) is 15.9. The lowest BCUT2D eigenvalue weighted by Gasteiger charge is -2.31. The topological polar surface area (TPSA) is 112 Å². The number of phenolic OH excluding ortho intramolecular Hbond substituents is 1. The van der Waals surface area contributed by atoms with Gasteiger partial charge in [-0.05, 0) is 62.1 Å². The number of ketones is 3. The highest BCUT2D eigenvalue weighted by Gasteiger charge is 2.34. The molecule has 1 aliphatic rings. The number of hydrogen-bond acceptors (Lipinski definition) is 6. The van der Waals surface area contributed by atoms with Gasteiger partial charge in [0.05, 0.1) is 18.6 Å². The molecular weight excluding hydrogens is 348 g/mol. The van der Waals surface area contributed by atoms with Gasteiger partial charge in [0, 0.05) is 18.9 Å². The van der Waals surface area contributed by atoms with Gasteiger partial charge in [-0.15, -0.1) is 0 Å². The highest BCUT2D eigenvalue weighted by Crippen LogP contribution is 2.37. The first-order valence-corrected chi connectivity index (χ1v) is 9.36. The molecule has 6 heteroatoms. The summed E-state index contributed by atoms with van der Waals surface area (Å²) in [6.07, 6.45) is 1.45. The lowest BCUT2D eigenvalue weighted by Crippen LogP contribution is -2.32. The van der Waals surface area contributed by atoms with Crippen LogP contribution in [0.3, 0.4) is 0 Å². The molecule has 0 fully saturated rings. The van der Waals surface area contributed by atoms with Gasteiger partial charge in [-0.25, -0.2) is 0 Å². The minimum Gasteiger partial charge on any atom is -0.507 e. The molecule has 1 aliphatic carbocycles. The molecule has 27 heavy (non-hydrogen) atoms. The molecule has 0 spiro atoms. The fourth-order valence-electron chi connectivity index (χ4n) is 4.17. The van der Waals surface area contributed by atoms with Crippen molar-refractivity contribution in [2.45, 2.75) is 46.0 Å². The van der Waals surface area contributed by atoms with Crippen molar-refractivity contribution >= 4 is 17.3 Å². The molecule has 0 aromatic heterocycles. The number of benzene rings is 1. The first kappa shape index (κ1) is 21.3. The third-order valence-electron chi connectivity index (χ3n) is 5.51. The number of aliphatic hydroxyl groups excluding tert-OH is 2. The van der Waals surface area contributed by atoms with Crippen LogP contribution in [0.5, 0.6) is 5.75 Å². The van der Waals surface area contributed by atoms with Crippen molar-refractivity contribution in [2.75, 3.05) is 13.2 Å². The fourth-order valence-corrected chi connectivity index (χ4v) is 4.17. The van der Waals surface area contributed by atoms with Crippen LogP contribution in [0.2, 0.25) is 0 Å². The molecule has 0 bridgehead atoms. The van der Waals surface area contributed by atoms with Crippen molar-refractivity contribution in [3.63, 3.8) is 0 Å². The first-order valence-electron chi connectivity index (χ1n) is 9.36. The van der Waals surface area contributed by atoms with Crippen LogP contribution < -0.4 is 0 Å². The summed E-state index contributed by atoms with van der Waals surface area (Å²) in [5.74, 6) is -1.77. The Morgan fingerprint density at radius 3 is 2.52 bits per heavy atom. The van der Waals surface area contributed by atoms with Crippen LogP contribution in [0.15, 0.2) is 12.1 Å². The summed E-state index contributed by atoms with van der Waals surface area (Å²) in [5.41, 5.74) is 2.15. The Morgan fingerprint density at radius 2 is 1.93 bits per heavy atom. The molecule has 3 unspecified atom stereocenters. The number of aliphatic hydroxyl groups is 2. The molecule has 3 N–H and O–H groups in total. The number of carbonyl (C=O) groups is 3. The van der Waals surface area contributed by atoms with Gasteiger partial charge in [0.25, 0.3) is 0 Å². The monoisotopic (exact) mass is 376 g/mol. The second-order valence-electron chi connectivity index (χ2n) is 7.59. The van der Waals surface area contributed by atoms with Gasteiger partial charge in [-0.1, -0.05) is 6.07 Å². The maximum absolute atomic E-state index is 12.6. The number of carbonyl (C=O) groups excluding carboxylic acids is 3. The van der Waals surface area contributed by atoms with Crippen LogP contribution >= 0.6 is 0 Å². The fraction of sp³-hybridized carbons (Fsp3) is 0.571. The largest absolute Gasteiger partial charge is 0.507 e. The molecular formula is C21H28O6. The van der Waals surface area contributed by atoms with E-state index in [1.54, 1.807) is 6.07 Å². The van der Waals surface area contributed by atoms with Gasteiger partial charge in [-0.3, -0.25) is 14.4 Å². The molecule has 148 valence electrons. The number of phenols is 1. The Kier molecular flexibility index (Phi) is 7.27. The normalized spacial score (nSPS) is 18.7. The number of aryl methyl sites for hydroxylation is 1. The molecule has 0 saturated heterocycles. The summed E-state index contributed by atoms with van der Waals surface area (Å²) < 4.78 is 0. The molecule has 6 nitrogen and oxygen atoms in total. The molecule has 2 rings (SSSR count). The second kappa shape index (κ2) is 9.24. The van der Waals surface area contributed by atoms with Gasteiger partial charge in [0.15, 0.2) is 5.78 Å². The van der Waals surface area contributed by atoms with Crippen LogP contribution in [-0.4, -0.2) is 45.9 Å². The van der Waals surface area contributed by atoms with Crippen molar-refractivity contribution in [1.29, 1.82) is 0 Å². The number of rotatable bonds is 9. The van der Waals surface area contributed by atoms with E-state index in [1.807, 2.05) is 6.92 Å². The van der Waals surface area contributed by atoms with Crippen molar-refractivity contribution in [2.24, 2.45) is 17.8 Å². The molecule has 0 amide bonds. The van der Waals surface area contributed by atoms with E-state index in [-0.39, 0.29) is 61.0 Å². The summed E-state index contributed by atoms with van der Waals surface area (Å²) in [5, 5.41) is 29.1. The lowest BCUT2D eigenvalue weighted by molar-refractivity contribution is -0.131. The van der Waals surface area contributed by atoms with E-state index >= 15 is 0 Å². The Bertz CT molecular complexity index is 724.